The molecule has 204 valence electrons. The van der Waals surface area contributed by atoms with E-state index in [0.717, 1.165) is 0 Å². The molecule has 0 unspecified atom stereocenters. The molecule has 0 radical (unpaired) electrons. The second kappa shape index (κ2) is 10.7. The average Bonchev–Trinajstić information content (AvgIpc) is 2.99. The number of pyridine rings is 3. The van der Waals surface area contributed by atoms with Crippen molar-refractivity contribution in [2.75, 3.05) is 12.4 Å². The van der Waals surface area contributed by atoms with Crippen LogP contribution in [0.4, 0.5) is 20.3 Å². The molecule has 41 heavy (non-hydrogen) atoms. The van der Waals surface area contributed by atoms with Gasteiger partial charge in [0, 0.05) is 53.9 Å². The number of aryl methyl sites for hydroxylation is 1. The van der Waals surface area contributed by atoms with Gasteiger partial charge in [-0.1, -0.05) is 12.1 Å². The minimum Gasteiger partial charge on any atom is -0.497 e. The summed E-state index contributed by atoms with van der Waals surface area (Å²) in [6, 6.07) is 19.0. The molecule has 6 rings (SSSR count). The second-order valence-corrected chi connectivity index (χ2v) is 9.28. The van der Waals surface area contributed by atoms with Crippen molar-refractivity contribution < 1.29 is 18.3 Å². The molecular formula is C32H24F2N4O3. The number of nitrogens with zero attached hydrogens (tertiary/aromatic N) is 3. The number of aromatic nitrogens is 3. The maximum atomic E-state index is 15.3. The summed E-state index contributed by atoms with van der Waals surface area (Å²) in [7, 11) is 1.57. The number of halogens is 2. The Balaban J connectivity index is 1.35. The van der Waals surface area contributed by atoms with E-state index >= 15 is 4.39 Å². The zero-order chi connectivity index (χ0) is 28.5. The van der Waals surface area contributed by atoms with E-state index in [1.165, 1.54) is 24.3 Å². The predicted molar refractivity (Wildman–Crippen MR) is 155 cm³/mol. The van der Waals surface area contributed by atoms with Gasteiger partial charge in [0.05, 0.1) is 23.5 Å². The standard InChI is InChI=1S/C32H24F2N4O3/c1-3-38-18-24(19-4-6-20(33)7-5-19)31(39)30-27(38)12-14-36-32(30)37-21-8-11-29(25(34)16-21)41-28-13-15-35-26-17-22(40-2)9-10-23(26)28/h4-18H,3H2,1-2H3,(H,36,37). The van der Waals surface area contributed by atoms with Crippen LogP contribution in [0.25, 0.3) is 32.9 Å². The normalized spacial score (nSPS) is 11.1. The van der Waals surface area contributed by atoms with Crippen LogP contribution in [0.3, 0.4) is 0 Å². The fourth-order valence-electron chi connectivity index (χ4n) is 4.76. The van der Waals surface area contributed by atoms with E-state index in [1.807, 2.05) is 11.5 Å². The van der Waals surface area contributed by atoms with Gasteiger partial charge in [0.15, 0.2) is 11.6 Å². The fourth-order valence-corrected chi connectivity index (χ4v) is 4.76. The van der Waals surface area contributed by atoms with E-state index in [4.69, 9.17) is 9.47 Å². The number of rotatable bonds is 7. The molecule has 0 aliphatic rings. The zero-order valence-electron chi connectivity index (χ0n) is 22.2. The summed E-state index contributed by atoms with van der Waals surface area (Å²) in [5, 5.41) is 4.15. The number of fused-ring (bicyclic) bond motifs is 2. The van der Waals surface area contributed by atoms with Crippen LogP contribution in [0.5, 0.6) is 17.2 Å². The van der Waals surface area contributed by atoms with Crippen LogP contribution >= 0.6 is 0 Å². The first-order chi connectivity index (χ1) is 19.9. The molecule has 0 bridgehead atoms. The highest BCUT2D eigenvalue weighted by molar-refractivity contribution is 5.94. The Kier molecular flexibility index (Phi) is 6.76. The molecule has 0 aliphatic carbocycles. The molecule has 0 fully saturated rings. The lowest BCUT2D eigenvalue weighted by Gasteiger charge is -2.15. The van der Waals surface area contributed by atoms with Crippen LogP contribution in [-0.2, 0) is 6.54 Å². The average molecular weight is 551 g/mol. The molecule has 0 aliphatic heterocycles. The predicted octanol–water partition coefficient (Wildman–Crippen LogP) is 7.45. The summed E-state index contributed by atoms with van der Waals surface area (Å²) in [5.74, 6) is 0.410. The number of methoxy groups -OCH3 is 1. The first kappa shape index (κ1) is 25.9. The topological polar surface area (TPSA) is 78.3 Å². The number of hydrogen-bond donors (Lipinski definition) is 1. The van der Waals surface area contributed by atoms with Gasteiger partial charge >= 0.3 is 0 Å². The van der Waals surface area contributed by atoms with Crippen LogP contribution < -0.4 is 20.2 Å². The van der Waals surface area contributed by atoms with Crippen LogP contribution in [0.15, 0.2) is 96.2 Å². The molecule has 3 aromatic carbocycles. The van der Waals surface area contributed by atoms with E-state index in [9.17, 15) is 9.18 Å². The maximum absolute atomic E-state index is 15.3. The first-order valence-corrected chi connectivity index (χ1v) is 12.9. The Hall–Kier alpha value is -5.31. The Morgan fingerprint density at radius 2 is 1.71 bits per heavy atom. The highest BCUT2D eigenvalue weighted by Crippen LogP contribution is 2.34. The van der Waals surface area contributed by atoms with Gasteiger partial charge in [0.2, 0.25) is 5.43 Å². The van der Waals surface area contributed by atoms with E-state index < -0.39 is 5.82 Å². The third-order valence-electron chi connectivity index (χ3n) is 6.82. The van der Waals surface area contributed by atoms with Crippen molar-refractivity contribution in [2.45, 2.75) is 13.5 Å². The Labute approximate surface area is 233 Å². The molecule has 6 aromatic rings. The van der Waals surface area contributed by atoms with E-state index in [-0.39, 0.29) is 22.8 Å². The summed E-state index contributed by atoms with van der Waals surface area (Å²) >= 11 is 0. The summed E-state index contributed by atoms with van der Waals surface area (Å²) in [4.78, 5) is 22.4. The quantitative estimate of drug-likeness (QED) is 0.222. The van der Waals surface area contributed by atoms with E-state index in [0.29, 0.717) is 56.7 Å². The molecule has 9 heteroatoms. The van der Waals surface area contributed by atoms with Gasteiger partial charge < -0.3 is 19.4 Å². The lowest BCUT2D eigenvalue weighted by atomic mass is 10.0. The molecule has 0 spiro atoms. The summed E-state index contributed by atoms with van der Waals surface area (Å²) in [5.41, 5.74) is 2.43. The number of anilines is 2. The van der Waals surface area contributed by atoms with Crippen molar-refractivity contribution in [3.8, 4) is 28.4 Å². The number of nitrogens with one attached hydrogen (secondary N) is 1. The monoisotopic (exact) mass is 550 g/mol. The van der Waals surface area contributed by atoms with Crippen LogP contribution in [0, 0.1) is 11.6 Å². The summed E-state index contributed by atoms with van der Waals surface area (Å²) in [6.07, 6.45) is 4.93. The Morgan fingerprint density at radius 3 is 2.46 bits per heavy atom. The van der Waals surface area contributed by atoms with Crippen molar-refractivity contribution in [1.82, 2.24) is 14.5 Å². The highest BCUT2D eigenvalue weighted by atomic mass is 19.1. The molecule has 1 N–H and O–H groups in total. The molecule has 0 saturated heterocycles. The first-order valence-electron chi connectivity index (χ1n) is 12.9. The van der Waals surface area contributed by atoms with E-state index in [1.54, 1.807) is 74.2 Å². The number of hydrogen-bond acceptors (Lipinski definition) is 6. The zero-order valence-corrected chi connectivity index (χ0v) is 22.2. The van der Waals surface area contributed by atoms with Gasteiger partial charge in [-0.2, -0.15) is 0 Å². The van der Waals surface area contributed by atoms with E-state index in [2.05, 4.69) is 15.3 Å². The van der Waals surface area contributed by atoms with Crippen molar-refractivity contribution in [3.05, 3.63) is 113 Å². The molecular weight excluding hydrogens is 526 g/mol. The molecule has 3 heterocycles. The Bertz CT molecular complexity index is 1970. The van der Waals surface area contributed by atoms with Gasteiger partial charge in [-0.15, -0.1) is 0 Å². The fraction of sp³-hybridized carbons (Fsp3) is 0.0938. The summed E-state index contributed by atoms with van der Waals surface area (Å²) < 4.78 is 41.9. The molecule has 3 aromatic heterocycles. The second-order valence-electron chi connectivity index (χ2n) is 9.28. The van der Waals surface area contributed by atoms with Crippen molar-refractivity contribution in [2.24, 2.45) is 0 Å². The minimum absolute atomic E-state index is 0.0247. The van der Waals surface area contributed by atoms with Crippen LogP contribution in [-0.4, -0.2) is 21.6 Å². The molecule has 0 amide bonds. The van der Waals surface area contributed by atoms with Gasteiger partial charge in [-0.05, 0) is 61.0 Å². The van der Waals surface area contributed by atoms with Gasteiger partial charge in [0.25, 0.3) is 0 Å². The largest absolute Gasteiger partial charge is 0.497 e. The number of ether oxygens (including phenoxy) is 2. The Morgan fingerprint density at radius 1 is 0.902 bits per heavy atom. The van der Waals surface area contributed by atoms with Crippen LogP contribution in [0.2, 0.25) is 0 Å². The maximum Gasteiger partial charge on any atom is 0.200 e. The summed E-state index contributed by atoms with van der Waals surface area (Å²) in [6.45, 7) is 2.55. The van der Waals surface area contributed by atoms with Crippen molar-refractivity contribution in [3.63, 3.8) is 0 Å². The smallest absolute Gasteiger partial charge is 0.200 e. The van der Waals surface area contributed by atoms with Crippen molar-refractivity contribution in [1.29, 1.82) is 0 Å². The van der Waals surface area contributed by atoms with Crippen molar-refractivity contribution >= 4 is 33.3 Å². The minimum atomic E-state index is -0.605. The van der Waals surface area contributed by atoms with Gasteiger partial charge in [0.1, 0.15) is 23.1 Å². The molecule has 0 saturated carbocycles. The lowest BCUT2D eigenvalue weighted by Crippen LogP contribution is -2.14. The van der Waals surface area contributed by atoms with Gasteiger partial charge in [-0.3, -0.25) is 9.78 Å². The highest BCUT2D eigenvalue weighted by Gasteiger charge is 2.16. The lowest BCUT2D eigenvalue weighted by molar-refractivity contribution is 0.415. The number of benzene rings is 3. The molecule has 7 nitrogen and oxygen atoms in total. The van der Waals surface area contributed by atoms with Crippen LogP contribution in [0.1, 0.15) is 6.92 Å². The third-order valence-corrected chi connectivity index (χ3v) is 6.82. The SMILES string of the molecule is CCn1cc(-c2ccc(F)cc2)c(=O)c2c(Nc3ccc(Oc4ccnc5cc(OC)ccc45)c(F)c3)nccc21. The van der Waals surface area contributed by atoms with Gasteiger partial charge in [-0.25, -0.2) is 13.8 Å². The third kappa shape index (κ3) is 4.93. The molecule has 0 atom stereocenters.